The van der Waals surface area contributed by atoms with E-state index in [1.165, 1.54) is 7.11 Å². The van der Waals surface area contributed by atoms with Gasteiger partial charge in [-0.05, 0) is 42.3 Å². The van der Waals surface area contributed by atoms with Crippen molar-refractivity contribution in [2.75, 3.05) is 7.11 Å². The standard InChI is InChI=1S/C27H19ClN2O4/c1-17-25(26(30-34-17)21-10-6-7-11-22(21)28)27(31)33-23-13-12-18(15-24(23)32-2)14-20(16-29)19-8-4-3-5-9-19/h3-15H,1-2H3/b20-14+. The molecule has 0 saturated carbocycles. The van der Waals surface area contributed by atoms with Crippen LogP contribution in [0.3, 0.4) is 0 Å². The summed E-state index contributed by atoms with van der Waals surface area (Å²) in [6.45, 7) is 1.63. The van der Waals surface area contributed by atoms with Crippen LogP contribution in [0, 0.1) is 18.3 Å². The number of carbonyl (C=O) groups is 1. The van der Waals surface area contributed by atoms with Gasteiger partial charge < -0.3 is 14.0 Å². The summed E-state index contributed by atoms with van der Waals surface area (Å²) in [5, 5.41) is 14.0. The fraction of sp³-hybridized carbons (Fsp3) is 0.0741. The molecule has 168 valence electrons. The third-order valence-corrected chi connectivity index (χ3v) is 5.43. The summed E-state index contributed by atoms with van der Waals surface area (Å²) < 4.78 is 16.3. The zero-order valence-corrected chi connectivity index (χ0v) is 19.2. The molecule has 3 aromatic carbocycles. The Kier molecular flexibility index (Phi) is 6.77. The molecule has 1 heterocycles. The minimum absolute atomic E-state index is 0.176. The molecule has 4 aromatic rings. The number of benzene rings is 3. The van der Waals surface area contributed by atoms with Crippen molar-refractivity contribution in [1.82, 2.24) is 5.16 Å². The summed E-state index contributed by atoms with van der Waals surface area (Å²) >= 11 is 6.29. The predicted octanol–water partition coefficient (Wildman–Crippen LogP) is 6.60. The van der Waals surface area contributed by atoms with Crippen molar-refractivity contribution in [2.45, 2.75) is 6.92 Å². The number of halogens is 1. The molecule has 0 aliphatic heterocycles. The fourth-order valence-corrected chi connectivity index (χ4v) is 3.65. The molecule has 1 aromatic heterocycles. The molecule has 0 saturated heterocycles. The highest BCUT2D eigenvalue weighted by Gasteiger charge is 2.25. The number of hydrogen-bond donors (Lipinski definition) is 0. The van der Waals surface area contributed by atoms with Crippen molar-refractivity contribution >= 4 is 29.2 Å². The molecule has 0 bridgehead atoms. The number of allylic oxidation sites excluding steroid dienone is 1. The summed E-state index contributed by atoms with van der Waals surface area (Å²) in [5.41, 5.74) is 3.05. The predicted molar refractivity (Wildman–Crippen MR) is 130 cm³/mol. The lowest BCUT2D eigenvalue weighted by molar-refractivity contribution is 0.0728. The molecule has 6 nitrogen and oxygen atoms in total. The number of rotatable bonds is 6. The highest BCUT2D eigenvalue weighted by atomic mass is 35.5. The van der Waals surface area contributed by atoms with Gasteiger partial charge in [-0.3, -0.25) is 0 Å². The number of methoxy groups -OCH3 is 1. The molecule has 0 atom stereocenters. The minimum atomic E-state index is -0.655. The fourth-order valence-electron chi connectivity index (χ4n) is 3.42. The number of esters is 1. The lowest BCUT2D eigenvalue weighted by atomic mass is 10.0. The van der Waals surface area contributed by atoms with Crippen molar-refractivity contribution in [3.05, 3.63) is 100 Å². The quantitative estimate of drug-likeness (QED) is 0.137. The van der Waals surface area contributed by atoms with Crippen molar-refractivity contribution < 1.29 is 18.8 Å². The van der Waals surface area contributed by atoms with Crippen LogP contribution in [-0.4, -0.2) is 18.2 Å². The average molecular weight is 471 g/mol. The average Bonchev–Trinajstić information content (AvgIpc) is 3.25. The molecule has 34 heavy (non-hydrogen) atoms. The van der Waals surface area contributed by atoms with Crippen LogP contribution < -0.4 is 9.47 Å². The van der Waals surface area contributed by atoms with Crippen molar-refractivity contribution in [1.29, 1.82) is 5.26 Å². The second-order valence-corrected chi connectivity index (χ2v) is 7.69. The van der Waals surface area contributed by atoms with Gasteiger partial charge in [0.1, 0.15) is 17.0 Å². The Morgan fingerprint density at radius 1 is 1.06 bits per heavy atom. The number of carbonyl (C=O) groups excluding carboxylic acids is 1. The van der Waals surface area contributed by atoms with Gasteiger partial charge in [0.05, 0.1) is 23.8 Å². The van der Waals surface area contributed by atoms with Gasteiger partial charge >= 0.3 is 5.97 Å². The Hall–Kier alpha value is -4.34. The molecule has 0 aliphatic rings. The number of nitrogens with zero attached hydrogens (tertiary/aromatic N) is 2. The Labute approximate surface area is 201 Å². The van der Waals surface area contributed by atoms with Gasteiger partial charge in [-0.2, -0.15) is 5.26 Å². The largest absolute Gasteiger partial charge is 0.493 e. The minimum Gasteiger partial charge on any atom is -0.493 e. The molecule has 7 heteroatoms. The van der Waals surface area contributed by atoms with Crippen molar-refractivity contribution in [3.63, 3.8) is 0 Å². The van der Waals surface area contributed by atoms with Gasteiger partial charge in [-0.15, -0.1) is 0 Å². The first-order chi connectivity index (χ1) is 16.5. The molecular weight excluding hydrogens is 452 g/mol. The van der Waals surface area contributed by atoms with Gasteiger partial charge in [0.2, 0.25) is 0 Å². The number of nitriles is 1. The van der Waals surface area contributed by atoms with Crippen LogP contribution in [0.5, 0.6) is 11.5 Å². The summed E-state index contributed by atoms with van der Waals surface area (Å²) in [6, 6.07) is 23.6. The van der Waals surface area contributed by atoms with Gasteiger partial charge in [0.15, 0.2) is 11.5 Å². The van der Waals surface area contributed by atoms with Crippen LogP contribution in [0.15, 0.2) is 77.3 Å². The third kappa shape index (κ3) is 4.70. The monoisotopic (exact) mass is 470 g/mol. The Bertz CT molecular complexity index is 1420. The highest BCUT2D eigenvalue weighted by molar-refractivity contribution is 6.33. The van der Waals surface area contributed by atoms with E-state index in [1.54, 1.807) is 55.5 Å². The molecule has 0 N–H and O–H groups in total. The lowest BCUT2D eigenvalue weighted by Gasteiger charge is -2.11. The summed E-state index contributed by atoms with van der Waals surface area (Å²) in [6.07, 6.45) is 1.74. The van der Waals surface area contributed by atoms with Crippen LogP contribution in [0.1, 0.15) is 27.2 Å². The van der Waals surface area contributed by atoms with E-state index in [9.17, 15) is 10.1 Å². The number of aromatic nitrogens is 1. The normalized spacial score (nSPS) is 11.1. The first kappa shape index (κ1) is 22.8. The van der Waals surface area contributed by atoms with Gasteiger partial charge in [0.25, 0.3) is 0 Å². The van der Waals surface area contributed by atoms with Crippen LogP contribution in [0.25, 0.3) is 22.9 Å². The molecule has 0 amide bonds. The van der Waals surface area contributed by atoms with Crippen molar-refractivity contribution in [3.8, 4) is 28.8 Å². The van der Waals surface area contributed by atoms with Gasteiger partial charge in [-0.1, -0.05) is 71.4 Å². The molecular formula is C27H19ClN2O4. The molecule has 0 unspecified atom stereocenters. The topological polar surface area (TPSA) is 85.4 Å². The van der Waals surface area contributed by atoms with Crippen LogP contribution in [-0.2, 0) is 0 Å². The van der Waals surface area contributed by atoms with E-state index in [4.69, 9.17) is 25.6 Å². The first-order valence-electron chi connectivity index (χ1n) is 10.3. The first-order valence-corrected chi connectivity index (χ1v) is 10.7. The lowest BCUT2D eigenvalue weighted by Crippen LogP contribution is -2.11. The Morgan fingerprint density at radius 2 is 1.79 bits per heavy atom. The molecule has 0 spiro atoms. The van der Waals surface area contributed by atoms with Crippen LogP contribution in [0.4, 0.5) is 0 Å². The summed E-state index contributed by atoms with van der Waals surface area (Å²) in [7, 11) is 1.47. The second-order valence-electron chi connectivity index (χ2n) is 7.28. The van der Waals surface area contributed by atoms with Crippen LogP contribution >= 0.6 is 11.6 Å². The Balaban J connectivity index is 1.64. The summed E-state index contributed by atoms with van der Waals surface area (Å²) in [4.78, 5) is 13.1. The molecule has 4 rings (SSSR count). The number of hydrogen-bond acceptors (Lipinski definition) is 6. The maximum atomic E-state index is 13.1. The maximum Gasteiger partial charge on any atom is 0.349 e. The van der Waals surface area contributed by atoms with E-state index >= 15 is 0 Å². The Morgan fingerprint density at radius 3 is 2.50 bits per heavy atom. The van der Waals surface area contributed by atoms with Crippen LogP contribution in [0.2, 0.25) is 5.02 Å². The smallest absolute Gasteiger partial charge is 0.349 e. The molecule has 0 radical (unpaired) electrons. The maximum absolute atomic E-state index is 13.1. The SMILES string of the molecule is COc1cc(/C=C(\C#N)c2ccccc2)ccc1OC(=O)c1c(-c2ccccc2Cl)noc1C. The van der Waals surface area contributed by atoms with E-state index in [0.29, 0.717) is 33.4 Å². The second kappa shape index (κ2) is 10.1. The van der Waals surface area contributed by atoms with E-state index in [2.05, 4.69) is 11.2 Å². The number of aryl methyl sites for hydroxylation is 1. The van der Waals surface area contributed by atoms with E-state index in [0.717, 1.165) is 11.1 Å². The summed E-state index contributed by atoms with van der Waals surface area (Å²) in [5.74, 6) is 0.201. The third-order valence-electron chi connectivity index (χ3n) is 5.10. The molecule has 0 aliphatic carbocycles. The van der Waals surface area contributed by atoms with E-state index in [1.807, 2.05) is 30.3 Å². The zero-order valence-electron chi connectivity index (χ0n) is 18.4. The van der Waals surface area contributed by atoms with E-state index < -0.39 is 5.97 Å². The van der Waals surface area contributed by atoms with Crippen molar-refractivity contribution in [2.24, 2.45) is 0 Å². The number of ether oxygens (including phenoxy) is 2. The zero-order chi connectivity index (χ0) is 24.1. The van der Waals surface area contributed by atoms with Gasteiger partial charge in [-0.25, -0.2) is 4.79 Å². The van der Waals surface area contributed by atoms with E-state index in [-0.39, 0.29) is 11.3 Å². The highest BCUT2D eigenvalue weighted by Crippen LogP contribution is 2.34. The molecule has 0 fully saturated rings. The van der Waals surface area contributed by atoms with Gasteiger partial charge in [0, 0.05) is 5.56 Å².